The van der Waals surface area contributed by atoms with Gasteiger partial charge in [0.15, 0.2) is 12.9 Å². The van der Waals surface area contributed by atoms with Gasteiger partial charge < -0.3 is 14.0 Å². The van der Waals surface area contributed by atoms with E-state index in [2.05, 4.69) is 10.1 Å². The molecule has 0 saturated carbocycles. The lowest BCUT2D eigenvalue weighted by Crippen LogP contribution is -1.99. The molecule has 2 heterocycles. The molecular formula is C15H12N2O4S. The van der Waals surface area contributed by atoms with Crippen molar-refractivity contribution in [1.29, 1.82) is 0 Å². The van der Waals surface area contributed by atoms with E-state index in [9.17, 15) is 4.79 Å². The van der Waals surface area contributed by atoms with Crippen LogP contribution in [0.15, 0.2) is 40.2 Å². The van der Waals surface area contributed by atoms with E-state index in [1.165, 1.54) is 18.4 Å². The maximum Gasteiger partial charge on any atom is 0.264 e. The summed E-state index contributed by atoms with van der Waals surface area (Å²) in [6, 6.07) is 8.81. The van der Waals surface area contributed by atoms with Crippen LogP contribution in [0, 0.1) is 0 Å². The number of carbonyl (C=O) groups excluding carboxylic acids is 1. The number of carbonyl (C=O) groups is 1. The van der Waals surface area contributed by atoms with Gasteiger partial charge in [0.05, 0.1) is 17.6 Å². The Morgan fingerprint density at radius 1 is 1.36 bits per heavy atom. The summed E-state index contributed by atoms with van der Waals surface area (Å²) in [6.45, 7) is 0.0888. The fourth-order valence-corrected chi connectivity index (χ4v) is 2.49. The van der Waals surface area contributed by atoms with Crippen LogP contribution in [0.3, 0.4) is 0 Å². The maximum atomic E-state index is 11.1. The predicted octanol–water partition coefficient (Wildman–Crippen LogP) is 3.20. The fourth-order valence-electron chi connectivity index (χ4n) is 1.84. The standard InChI is InChI=1S/C15H12N2O4S/c1-19-11-4-5-12(10(7-11)8-18)20-9-14-16-15(17-21-14)13-3-2-6-22-13/h2-8H,9H2,1H3. The molecule has 2 aromatic heterocycles. The van der Waals surface area contributed by atoms with Crippen molar-refractivity contribution >= 4 is 17.6 Å². The van der Waals surface area contributed by atoms with Crippen LogP contribution in [0.4, 0.5) is 0 Å². The van der Waals surface area contributed by atoms with E-state index in [-0.39, 0.29) is 6.61 Å². The first-order valence-corrected chi connectivity index (χ1v) is 7.30. The SMILES string of the molecule is COc1ccc(OCc2nc(-c3cccs3)no2)c(C=O)c1. The van der Waals surface area contributed by atoms with Gasteiger partial charge in [-0.3, -0.25) is 4.79 Å². The minimum Gasteiger partial charge on any atom is -0.497 e. The molecule has 0 radical (unpaired) electrons. The van der Waals surface area contributed by atoms with Gasteiger partial charge in [-0.15, -0.1) is 11.3 Å². The topological polar surface area (TPSA) is 74.5 Å². The number of aromatic nitrogens is 2. The molecule has 0 bridgehead atoms. The molecule has 0 aliphatic carbocycles. The van der Waals surface area contributed by atoms with Gasteiger partial charge in [0.2, 0.25) is 5.82 Å². The zero-order valence-corrected chi connectivity index (χ0v) is 12.5. The third-order valence-corrected chi connectivity index (χ3v) is 3.77. The lowest BCUT2D eigenvalue weighted by atomic mass is 10.2. The Labute approximate surface area is 130 Å². The molecule has 3 aromatic rings. The molecular weight excluding hydrogens is 304 g/mol. The Balaban J connectivity index is 1.71. The predicted molar refractivity (Wildman–Crippen MR) is 80.3 cm³/mol. The number of ether oxygens (including phenoxy) is 2. The van der Waals surface area contributed by atoms with Crippen LogP contribution < -0.4 is 9.47 Å². The first kappa shape index (κ1) is 14.3. The highest BCUT2D eigenvalue weighted by atomic mass is 32.1. The Morgan fingerprint density at radius 3 is 3.00 bits per heavy atom. The molecule has 3 rings (SSSR count). The van der Waals surface area contributed by atoms with Crippen LogP contribution in [0.25, 0.3) is 10.7 Å². The van der Waals surface area contributed by atoms with Gasteiger partial charge in [-0.1, -0.05) is 11.2 Å². The Kier molecular flexibility index (Phi) is 4.15. The van der Waals surface area contributed by atoms with Gasteiger partial charge in [-0.05, 0) is 29.6 Å². The average molecular weight is 316 g/mol. The molecule has 0 fully saturated rings. The highest BCUT2D eigenvalue weighted by molar-refractivity contribution is 7.13. The summed E-state index contributed by atoms with van der Waals surface area (Å²) in [5.41, 5.74) is 0.400. The first-order chi connectivity index (χ1) is 10.8. The van der Waals surface area contributed by atoms with Gasteiger partial charge in [-0.2, -0.15) is 4.98 Å². The molecule has 6 nitrogen and oxygen atoms in total. The number of hydrogen-bond acceptors (Lipinski definition) is 7. The Morgan fingerprint density at radius 2 is 2.27 bits per heavy atom. The van der Waals surface area contributed by atoms with Crippen molar-refractivity contribution in [3.05, 3.63) is 47.2 Å². The van der Waals surface area contributed by atoms with Crippen molar-refractivity contribution in [3.63, 3.8) is 0 Å². The summed E-state index contributed by atoms with van der Waals surface area (Å²) in [7, 11) is 1.54. The highest BCUT2D eigenvalue weighted by Gasteiger charge is 2.11. The largest absolute Gasteiger partial charge is 0.497 e. The van der Waals surface area contributed by atoms with Gasteiger partial charge in [0.1, 0.15) is 11.5 Å². The van der Waals surface area contributed by atoms with Gasteiger partial charge in [-0.25, -0.2) is 0 Å². The van der Waals surface area contributed by atoms with E-state index in [1.807, 2.05) is 17.5 Å². The number of benzene rings is 1. The summed E-state index contributed by atoms with van der Waals surface area (Å²) < 4.78 is 15.8. The molecule has 0 spiro atoms. The molecule has 112 valence electrons. The van der Waals surface area contributed by atoms with Crippen LogP contribution in [0.2, 0.25) is 0 Å². The number of methoxy groups -OCH3 is 1. The molecule has 0 aliphatic rings. The summed E-state index contributed by atoms with van der Waals surface area (Å²) >= 11 is 1.53. The monoisotopic (exact) mass is 316 g/mol. The van der Waals surface area contributed by atoms with Crippen LogP contribution in [-0.2, 0) is 6.61 Å². The minimum absolute atomic E-state index is 0.0888. The van der Waals surface area contributed by atoms with Crippen molar-refractivity contribution in [3.8, 4) is 22.2 Å². The van der Waals surface area contributed by atoms with E-state index >= 15 is 0 Å². The second-order valence-electron chi connectivity index (χ2n) is 4.30. The van der Waals surface area contributed by atoms with Crippen LogP contribution in [0.5, 0.6) is 11.5 Å². The number of aldehydes is 1. The number of rotatable bonds is 6. The fraction of sp³-hybridized carbons (Fsp3) is 0.133. The van der Waals surface area contributed by atoms with Crippen molar-refractivity contribution in [1.82, 2.24) is 10.1 Å². The molecule has 7 heteroatoms. The first-order valence-electron chi connectivity index (χ1n) is 6.42. The molecule has 0 unspecified atom stereocenters. The molecule has 0 N–H and O–H groups in total. The van der Waals surface area contributed by atoms with Crippen LogP contribution in [0.1, 0.15) is 16.2 Å². The quantitative estimate of drug-likeness (QED) is 0.650. The molecule has 1 aromatic carbocycles. The van der Waals surface area contributed by atoms with Crippen molar-refractivity contribution in [2.75, 3.05) is 7.11 Å². The zero-order valence-electron chi connectivity index (χ0n) is 11.7. The van der Waals surface area contributed by atoms with E-state index in [0.717, 1.165) is 4.88 Å². The second kappa shape index (κ2) is 6.40. The normalized spacial score (nSPS) is 10.4. The molecule has 22 heavy (non-hydrogen) atoms. The molecule has 0 atom stereocenters. The Bertz CT molecular complexity index is 768. The minimum atomic E-state index is 0.0888. The molecule has 0 amide bonds. The summed E-state index contributed by atoms with van der Waals surface area (Å²) in [5.74, 6) is 1.90. The smallest absolute Gasteiger partial charge is 0.264 e. The third-order valence-electron chi connectivity index (χ3n) is 2.90. The van der Waals surface area contributed by atoms with Gasteiger partial charge in [0.25, 0.3) is 5.89 Å². The summed E-state index contributed by atoms with van der Waals surface area (Å²) in [4.78, 5) is 16.3. The van der Waals surface area contributed by atoms with Crippen LogP contribution in [-0.4, -0.2) is 23.5 Å². The van der Waals surface area contributed by atoms with E-state index in [1.54, 1.807) is 18.2 Å². The number of hydrogen-bond donors (Lipinski definition) is 0. The van der Waals surface area contributed by atoms with Crippen LogP contribution >= 0.6 is 11.3 Å². The molecule has 0 aliphatic heterocycles. The summed E-state index contributed by atoms with van der Waals surface area (Å²) in [5, 5.41) is 5.84. The zero-order chi connectivity index (χ0) is 15.4. The number of nitrogens with zero attached hydrogens (tertiary/aromatic N) is 2. The van der Waals surface area contributed by atoms with Crippen molar-refractivity contribution in [2.45, 2.75) is 6.61 Å². The molecule has 0 saturated heterocycles. The lowest BCUT2D eigenvalue weighted by molar-refractivity contribution is 0.111. The van der Waals surface area contributed by atoms with E-state index in [4.69, 9.17) is 14.0 Å². The summed E-state index contributed by atoms with van der Waals surface area (Å²) in [6.07, 6.45) is 0.711. The lowest BCUT2D eigenvalue weighted by Gasteiger charge is -2.07. The van der Waals surface area contributed by atoms with E-state index < -0.39 is 0 Å². The average Bonchev–Trinajstić information content (AvgIpc) is 3.23. The second-order valence-corrected chi connectivity index (χ2v) is 5.25. The maximum absolute atomic E-state index is 11.1. The Hall–Kier alpha value is -2.67. The van der Waals surface area contributed by atoms with E-state index in [0.29, 0.717) is 35.1 Å². The number of thiophene rings is 1. The third kappa shape index (κ3) is 2.99. The highest BCUT2D eigenvalue weighted by Crippen LogP contribution is 2.24. The van der Waals surface area contributed by atoms with Gasteiger partial charge in [0, 0.05) is 0 Å². The van der Waals surface area contributed by atoms with Gasteiger partial charge >= 0.3 is 0 Å². The van der Waals surface area contributed by atoms with Crippen molar-refractivity contribution in [2.24, 2.45) is 0 Å². The van der Waals surface area contributed by atoms with Crippen molar-refractivity contribution < 1.29 is 18.8 Å².